The van der Waals surface area contributed by atoms with Crippen LogP contribution in [0.3, 0.4) is 0 Å². The lowest BCUT2D eigenvalue weighted by Gasteiger charge is -2.36. The minimum absolute atomic E-state index is 0.0156. The van der Waals surface area contributed by atoms with Crippen molar-refractivity contribution in [1.29, 1.82) is 0 Å². The van der Waals surface area contributed by atoms with Gasteiger partial charge in [-0.25, -0.2) is 10.2 Å². The zero-order chi connectivity index (χ0) is 16.0. The van der Waals surface area contributed by atoms with Crippen molar-refractivity contribution in [3.63, 3.8) is 0 Å². The lowest BCUT2D eigenvalue weighted by molar-refractivity contribution is -0.154. The summed E-state index contributed by atoms with van der Waals surface area (Å²) in [6.45, 7) is 8.19. The van der Waals surface area contributed by atoms with Crippen molar-refractivity contribution in [1.82, 2.24) is 5.43 Å². The number of nitrogens with one attached hydrogen (secondary N) is 1. The zero-order valence-corrected chi connectivity index (χ0v) is 13.4. The lowest BCUT2D eigenvalue weighted by atomic mass is 9.75. The van der Waals surface area contributed by atoms with E-state index in [1.807, 2.05) is 0 Å². The number of nitrogens with zero attached hydrogens (tertiary/aromatic N) is 1. The average molecular weight is 297 g/mol. The molecule has 0 bridgehead atoms. The standard InChI is InChI=1S/C15H27N3O3/c1-9(2)12-6-5-10(3)7-13(12)21-14(19)8-11(4)17-18-15(16)20/h9-10,12-13H,5-8H2,1-4H3,(H3,16,18,20). The summed E-state index contributed by atoms with van der Waals surface area (Å²) in [5.74, 6) is 1.21. The Bertz CT molecular complexity index is 407. The molecule has 6 heteroatoms. The maximum absolute atomic E-state index is 12.0. The topological polar surface area (TPSA) is 93.8 Å². The number of urea groups is 1. The molecule has 21 heavy (non-hydrogen) atoms. The van der Waals surface area contributed by atoms with Gasteiger partial charge >= 0.3 is 12.0 Å². The van der Waals surface area contributed by atoms with Crippen LogP contribution in [-0.4, -0.2) is 23.8 Å². The smallest absolute Gasteiger partial charge is 0.332 e. The Morgan fingerprint density at radius 2 is 2.05 bits per heavy atom. The van der Waals surface area contributed by atoms with Crippen LogP contribution in [0.15, 0.2) is 5.10 Å². The second-order valence-corrected chi connectivity index (χ2v) is 6.35. The van der Waals surface area contributed by atoms with Crippen LogP contribution in [0.1, 0.15) is 53.4 Å². The van der Waals surface area contributed by atoms with E-state index >= 15 is 0 Å². The van der Waals surface area contributed by atoms with E-state index in [4.69, 9.17) is 10.5 Å². The molecule has 1 rings (SSSR count). The molecular formula is C15H27N3O3. The van der Waals surface area contributed by atoms with Gasteiger partial charge in [0.2, 0.25) is 0 Å². The Balaban J connectivity index is 2.54. The molecule has 0 aliphatic heterocycles. The number of nitrogens with two attached hydrogens (primary N) is 1. The number of ether oxygens (including phenoxy) is 1. The molecule has 0 aromatic heterocycles. The van der Waals surface area contributed by atoms with Crippen LogP contribution >= 0.6 is 0 Å². The predicted molar refractivity (Wildman–Crippen MR) is 81.7 cm³/mol. The molecule has 0 spiro atoms. The molecule has 0 radical (unpaired) electrons. The van der Waals surface area contributed by atoms with Gasteiger partial charge in [-0.05, 0) is 37.5 Å². The molecular weight excluding hydrogens is 270 g/mol. The Morgan fingerprint density at radius 1 is 1.38 bits per heavy atom. The molecule has 0 saturated heterocycles. The number of hydrazone groups is 1. The van der Waals surface area contributed by atoms with Gasteiger partial charge < -0.3 is 10.5 Å². The summed E-state index contributed by atoms with van der Waals surface area (Å²) in [6, 6.07) is -0.747. The van der Waals surface area contributed by atoms with Gasteiger partial charge in [0.15, 0.2) is 0 Å². The van der Waals surface area contributed by atoms with E-state index in [1.54, 1.807) is 6.92 Å². The van der Waals surface area contributed by atoms with Crippen molar-refractivity contribution in [2.24, 2.45) is 28.6 Å². The third-order valence-electron chi connectivity index (χ3n) is 4.00. The quantitative estimate of drug-likeness (QED) is 0.463. The number of carbonyl (C=O) groups is 2. The fraction of sp³-hybridized carbons (Fsp3) is 0.800. The largest absolute Gasteiger partial charge is 0.462 e. The minimum atomic E-state index is -0.747. The molecule has 120 valence electrons. The van der Waals surface area contributed by atoms with Crippen LogP contribution in [0.25, 0.3) is 0 Å². The molecule has 1 fully saturated rings. The molecule has 2 amide bonds. The highest BCUT2D eigenvalue weighted by atomic mass is 16.5. The van der Waals surface area contributed by atoms with Crippen molar-refractivity contribution in [2.75, 3.05) is 0 Å². The summed E-state index contributed by atoms with van der Waals surface area (Å²) in [6.07, 6.45) is 3.27. The van der Waals surface area contributed by atoms with Gasteiger partial charge in [0.25, 0.3) is 0 Å². The Kier molecular flexibility index (Phi) is 6.65. The highest BCUT2D eigenvalue weighted by Gasteiger charge is 2.33. The summed E-state index contributed by atoms with van der Waals surface area (Å²) in [5.41, 5.74) is 7.50. The highest BCUT2D eigenvalue weighted by molar-refractivity contribution is 5.97. The van der Waals surface area contributed by atoms with Gasteiger partial charge in [0.1, 0.15) is 6.10 Å². The fourth-order valence-corrected chi connectivity index (χ4v) is 2.86. The van der Waals surface area contributed by atoms with E-state index < -0.39 is 6.03 Å². The molecule has 3 atom stereocenters. The molecule has 0 heterocycles. The number of primary amides is 1. The molecule has 3 N–H and O–H groups in total. The van der Waals surface area contributed by atoms with E-state index in [9.17, 15) is 9.59 Å². The maximum atomic E-state index is 12.0. The predicted octanol–water partition coefficient (Wildman–Crippen LogP) is 2.42. The van der Waals surface area contributed by atoms with Gasteiger partial charge in [-0.3, -0.25) is 4.79 Å². The van der Waals surface area contributed by atoms with Crippen molar-refractivity contribution in [2.45, 2.75) is 59.5 Å². The van der Waals surface area contributed by atoms with Crippen LogP contribution in [0.2, 0.25) is 0 Å². The van der Waals surface area contributed by atoms with Crippen LogP contribution in [0.5, 0.6) is 0 Å². The lowest BCUT2D eigenvalue weighted by Crippen LogP contribution is -2.36. The first-order valence-electron chi connectivity index (χ1n) is 7.57. The normalized spacial score (nSPS) is 26.5. The molecule has 1 saturated carbocycles. The number of amides is 2. The SMILES string of the molecule is CC(CC(=O)OC1CC(C)CCC1C(C)C)=NNC(N)=O. The monoisotopic (exact) mass is 297 g/mol. The Morgan fingerprint density at radius 3 is 2.62 bits per heavy atom. The average Bonchev–Trinajstić information content (AvgIpc) is 2.35. The van der Waals surface area contributed by atoms with Crippen molar-refractivity contribution in [3.8, 4) is 0 Å². The molecule has 6 nitrogen and oxygen atoms in total. The number of esters is 1. The number of hydrogen-bond donors (Lipinski definition) is 2. The van der Waals surface area contributed by atoms with Crippen LogP contribution in [0, 0.1) is 17.8 Å². The third kappa shape index (κ3) is 6.14. The number of carbonyl (C=O) groups excluding carboxylic acids is 2. The molecule has 0 aromatic rings. The van der Waals surface area contributed by atoms with E-state index in [0.717, 1.165) is 12.8 Å². The number of hydrogen-bond acceptors (Lipinski definition) is 4. The summed E-state index contributed by atoms with van der Waals surface area (Å²) >= 11 is 0. The van der Waals surface area contributed by atoms with Crippen molar-refractivity contribution in [3.05, 3.63) is 0 Å². The molecule has 0 aromatic carbocycles. The Labute approximate surface area is 126 Å². The number of rotatable bonds is 5. The van der Waals surface area contributed by atoms with Crippen molar-refractivity contribution < 1.29 is 14.3 Å². The fourth-order valence-electron chi connectivity index (χ4n) is 2.86. The van der Waals surface area contributed by atoms with E-state index in [1.165, 1.54) is 6.42 Å². The molecule has 3 unspecified atom stereocenters. The first-order chi connectivity index (χ1) is 9.79. The van der Waals surface area contributed by atoms with Gasteiger partial charge in [0, 0.05) is 5.71 Å². The van der Waals surface area contributed by atoms with Crippen LogP contribution in [-0.2, 0) is 9.53 Å². The summed E-state index contributed by atoms with van der Waals surface area (Å²) in [4.78, 5) is 22.5. The molecule has 1 aliphatic carbocycles. The summed E-state index contributed by atoms with van der Waals surface area (Å²) < 4.78 is 5.65. The third-order valence-corrected chi connectivity index (χ3v) is 4.00. The van der Waals surface area contributed by atoms with Gasteiger partial charge in [0.05, 0.1) is 6.42 Å². The Hall–Kier alpha value is -1.59. The van der Waals surface area contributed by atoms with Crippen LogP contribution < -0.4 is 11.2 Å². The van der Waals surface area contributed by atoms with Gasteiger partial charge in [-0.15, -0.1) is 0 Å². The summed E-state index contributed by atoms with van der Waals surface area (Å²) in [7, 11) is 0. The summed E-state index contributed by atoms with van der Waals surface area (Å²) in [5, 5.41) is 3.72. The molecule has 1 aliphatic rings. The maximum Gasteiger partial charge on any atom is 0.332 e. The zero-order valence-electron chi connectivity index (χ0n) is 13.4. The first kappa shape index (κ1) is 17.5. The van der Waals surface area contributed by atoms with Gasteiger partial charge in [-0.1, -0.05) is 27.2 Å². The highest BCUT2D eigenvalue weighted by Crippen LogP contribution is 2.35. The van der Waals surface area contributed by atoms with E-state index in [2.05, 4.69) is 31.3 Å². The first-order valence-corrected chi connectivity index (χ1v) is 7.57. The minimum Gasteiger partial charge on any atom is -0.462 e. The van der Waals surface area contributed by atoms with Crippen molar-refractivity contribution >= 4 is 17.7 Å². The second kappa shape index (κ2) is 8.00. The van der Waals surface area contributed by atoms with E-state index in [-0.39, 0.29) is 18.5 Å². The van der Waals surface area contributed by atoms with E-state index in [0.29, 0.717) is 23.5 Å². The van der Waals surface area contributed by atoms with Crippen LogP contribution in [0.4, 0.5) is 4.79 Å². The van der Waals surface area contributed by atoms with Gasteiger partial charge in [-0.2, -0.15) is 5.10 Å². The second-order valence-electron chi connectivity index (χ2n) is 6.35.